The molecule has 2 aromatic rings. The Hall–Kier alpha value is -2.50. The number of aryl methyl sites for hydroxylation is 1. The molecule has 2 N–H and O–H groups in total. The van der Waals surface area contributed by atoms with Gasteiger partial charge in [0.15, 0.2) is 0 Å². The van der Waals surface area contributed by atoms with Crippen LogP contribution < -0.4 is 10.6 Å². The molecule has 0 unspecified atom stereocenters. The van der Waals surface area contributed by atoms with Crippen LogP contribution in [0.2, 0.25) is 0 Å². The van der Waals surface area contributed by atoms with Gasteiger partial charge in [-0.25, -0.2) is 4.79 Å². The normalized spacial score (nSPS) is 11.5. The number of halogens is 3. The zero-order valence-electron chi connectivity index (χ0n) is 14.4. The van der Waals surface area contributed by atoms with E-state index in [1.54, 1.807) is 0 Å². The zero-order valence-corrected chi connectivity index (χ0v) is 14.4. The van der Waals surface area contributed by atoms with Crippen LogP contribution in [0.15, 0.2) is 42.5 Å². The Morgan fingerprint density at radius 3 is 2.40 bits per heavy atom. The predicted molar refractivity (Wildman–Crippen MR) is 92.6 cm³/mol. The van der Waals surface area contributed by atoms with Crippen LogP contribution >= 0.6 is 0 Å². The maximum Gasteiger partial charge on any atom is 0.416 e. The van der Waals surface area contributed by atoms with Crippen molar-refractivity contribution in [1.82, 2.24) is 5.32 Å². The SMILES string of the molecule is Cc1cccc(C(C)C)c1NC(=O)NCc1ccccc1C(F)(F)F. The number of urea groups is 1. The monoisotopic (exact) mass is 350 g/mol. The fourth-order valence-electron chi connectivity index (χ4n) is 2.63. The van der Waals surface area contributed by atoms with Crippen LogP contribution in [0.5, 0.6) is 0 Å². The van der Waals surface area contributed by atoms with Gasteiger partial charge < -0.3 is 10.6 Å². The van der Waals surface area contributed by atoms with Gasteiger partial charge in [-0.1, -0.05) is 50.2 Å². The van der Waals surface area contributed by atoms with Crippen LogP contribution in [-0.2, 0) is 12.7 Å². The summed E-state index contributed by atoms with van der Waals surface area (Å²) >= 11 is 0. The predicted octanol–water partition coefficient (Wildman–Crippen LogP) is 5.46. The van der Waals surface area contributed by atoms with Gasteiger partial charge in [0.05, 0.1) is 5.56 Å². The molecule has 0 atom stereocenters. The van der Waals surface area contributed by atoms with Crippen LogP contribution in [0.3, 0.4) is 0 Å². The fourth-order valence-corrected chi connectivity index (χ4v) is 2.63. The van der Waals surface area contributed by atoms with E-state index in [-0.39, 0.29) is 18.0 Å². The molecule has 134 valence electrons. The van der Waals surface area contributed by atoms with Gasteiger partial charge in [0.1, 0.15) is 0 Å². The zero-order chi connectivity index (χ0) is 18.6. The Labute approximate surface area is 145 Å². The highest BCUT2D eigenvalue weighted by atomic mass is 19.4. The Morgan fingerprint density at radius 2 is 1.76 bits per heavy atom. The number of rotatable bonds is 4. The van der Waals surface area contributed by atoms with Gasteiger partial charge in [-0.15, -0.1) is 0 Å². The third-order valence-electron chi connectivity index (χ3n) is 3.93. The number of anilines is 1. The molecule has 6 heteroatoms. The first-order valence-electron chi connectivity index (χ1n) is 7.99. The summed E-state index contributed by atoms with van der Waals surface area (Å²) in [6, 6.07) is 10.4. The van der Waals surface area contributed by atoms with Gasteiger partial charge in [-0.05, 0) is 35.6 Å². The van der Waals surface area contributed by atoms with Gasteiger partial charge in [-0.3, -0.25) is 0 Å². The number of carbonyl (C=O) groups is 1. The lowest BCUT2D eigenvalue weighted by Gasteiger charge is -2.17. The third-order valence-corrected chi connectivity index (χ3v) is 3.93. The topological polar surface area (TPSA) is 41.1 Å². The Morgan fingerprint density at radius 1 is 1.08 bits per heavy atom. The van der Waals surface area contributed by atoms with E-state index in [4.69, 9.17) is 0 Å². The molecule has 0 radical (unpaired) electrons. The molecule has 2 aromatic carbocycles. The van der Waals surface area contributed by atoms with E-state index in [2.05, 4.69) is 10.6 Å². The quantitative estimate of drug-likeness (QED) is 0.755. The Bertz CT molecular complexity index is 755. The average Bonchev–Trinajstić information content (AvgIpc) is 2.54. The summed E-state index contributed by atoms with van der Waals surface area (Å²) < 4.78 is 39.0. The standard InChI is InChI=1S/C19H21F3N2O/c1-12(2)15-9-6-7-13(3)17(15)24-18(25)23-11-14-8-4-5-10-16(14)19(20,21)22/h4-10,12H,11H2,1-3H3,(H2,23,24,25). The first-order chi connectivity index (χ1) is 11.7. The summed E-state index contributed by atoms with van der Waals surface area (Å²) in [6.45, 7) is 5.69. The summed E-state index contributed by atoms with van der Waals surface area (Å²) in [5.41, 5.74) is 1.86. The number of hydrogen-bond acceptors (Lipinski definition) is 1. The summed E-state index contributed by atoms with van der Waals surface area (Å²) in [7, 11) is 0. The first-order valence-corrected chi connectivity index (χ1v) is 7.99. The molecule has 0 saturated heterocycles. The minimum Gasteiger partial charge on any atom is -0.334 e. The molecule has 0 aliphatic heterocycles. The second kappa shape index (κ2) is 7.59. The van der Waals surface area contributed by atoms with Crippen molar-refractivity contribution in [3.63, 3.8) is 0 Å². The molecule has 0 bridgehead atoms. The van der Waals surface area contributed by atoms with Gasteiger partial charge in [-0.2, -0.15) is 13.2 Å². The van der Waals surface area contributed by atoms with Gasteiger partial charge >= 0.3 is 12.2 Å². The van der Waals surface area contributed by atoms with E-state index in [9.17, 15) is 18.0 Å². The number of benzene rings is 2. The summed E-state index contributed by atoms with van der Waals surface area (Å²) in [4.78, 5) is 12.2. The molecule has 0 aromatic heterocycles. The van der Waals surface area contributed by atoms with E-state index >= 15 is 0 Å². The van der Waals surface area contributed by atoms with Crippen LogP contribution in [0.4, 0.5) is 23.7 Å². The van der Waals surface area contributed by atoms with E-state index < -0.39 is 17.8 Å². The summed E-state index contributed by atoms with van der Waals surface area (Å²) in [6.07, 6.45) is -4.45. The van der Waals surface area contributed by atoms with Gasteiger partial charge in [0.2, 0.25) is 0 Å². The van der Waals surface area contributed by atoms with Crippen molar-refractivity contribution in [3.05, 3.63) is 64.7 Å². The molecular weight excluding hydrogens is 329 g/mol. The maximum atomic E-state index is 13.0. The lowest BCUT2D eigenvalue weighted by Crippen LogP contribution is -2.30. The average molecular weight is 350 g/mol. The molecule has 0 saturated carbocycles. The number of carbonyl (C=O) groups excluding carboxylic acids is 1. The van der Waals surface area contributed by atoms with Gasteiger partial charge in [0, 0.05) is 12.2 Å². The highest BCUT2D eigenvalue weighted by molar-refractivity contribution is 5.91. The molecule has 25 heavy (non-hydrogen) atoms. The fraction of sp³-hybridized carbons (Fsp3) is 0.316. The van der Waals surface area contributed by atoms with Crippen LogP contribution in [-0.4, -0.2) is 6.03 Å². The van der Waals surface area contributed by atoms with E-state index in [1.807, 2.05) is 39.0 Å². The second-order valence-electron chi connectivity index (χ2n) is 6.16. The lowest BCUT2D eigenvalue weighted by atomic mass is 9.98. The molecule has 0 aliphatic carbocycles. The summed E-state index contributed by atoms with van der Waals surface area (Å²) in [5.74, 6) is 0.209. The maximum absolute atomic E-state index is 13.0. The molecule has 0 aliphatic rings. The van der Waals surface area contributed by atoms with Crippen molar-refractivity contribution in [2.24, 2.45) is 0 Å². The molecule has 0 spiro atoms. The van der Waals surface area contributed by atoms with E-state index in [0.29, 0.717) is 5.69 Å². The second-order valence-corrected chi connectivity index (χ2v) is 6.16. The summed E-state index contributed by atoms with van der Waals surface area (Å²) in [5, 5.41) is 5.26. The number of nitrogens with one attached hydrogen (secondary N) is 2. The molecule has 0 fully saturated rings. The van der Waals surface area contributed by atoms with Crippen LogP contribution in [0, 0.1) is 6.92 Å². The highest BCUT2D eigenvalue weighted by Crippen LogP contribution is 2.32. The van der Waals surface area contributed by atoms with Crippen molar-refractivity contribution in [3.8, 4) is 0 Å². The number of para-hydroxylation sites is 1. The number of hydrogen-bond donors (Lipinski definition) is 2. The third kappa shape index (κ3) is 4.75. The van der Waals surface area contributed by atoms with Gasteiger partial charge in [0.25, 0.3) is 0 Å². The Balaban J connectivity index is 2.11. The lowest BCUT2D eigenvalue weighted by molar-refractivity contribution is -0.138. The first kappa shape index (κ1) is 18.8. The molecule has 2 rings (SSSR count). The van der Waals surface area contributed by atoms with Crippen molar-refractivity contribution in [2.75, 3.05) is 5.32 Å². The van der Waals surface area contributed by atoms with Crippen molar-refractivity contribution in [2.45, 2.75) is 39.4 Å². The largest absolute Gasteiger partial charge is 0.416 e. The minimum absolute atomic E-state index is 0.0269. The number of alkyl halides is 3. The molecule has 3 nitrogen and oxygen atoms in total. The molecular formula is C19H21F3N2O. The van der Waals surface area contributed by atoms with Crippen molar-refractivity contribution < 1.29 is 18.0 Å². The van der Waals surface area contributed by atoms with Crippen LogP contribution in [0.25, 0.3) is 0 Å². The van der Waals surface area contributed by atoms with Crippen molar-refractivity contribution in [1.29, 1.82) is 0 Å². The number of amides is 2. The van der Waals surface area contributed by atoms with E-state index in [0.717, 1.165) is 17.2 Å². The molecule has 0 heterocycles. The minimum atomic E-state index is -4.45. The van der Waals surface area contributed by atoms with Crippen molar-refractivity contribution >= 4 is 11.7 Å². The smallest absolute Gasteiger partial charge is 0.334 e. The van der Waals surface area contributed by atoms with E-state index in [1.165, 1.54) is 18.2 Å². The Kier molecular flexibility index (Phi) is 5.72. The molecule has 2 amide bonds. The van der Waals surface area contributed by atoms with Crippen LogP contribution in [0.1, 0.15) is 42.0 Å². The highest BCUT2D eigenvalue weighted by Gasteiger charge is 2.32.